The Morgan fingerprint density at radius 2 is 1.72 bits per heavy atom. The van der Waals surface area contributed by atoms with Crippen LogP contribution in [0.15, 0.2) is 42.7 Å². The molecule has 1 saturated heterocycles. The molecule has 1 aliphatic heterocycles. The van der Waals surface area contributed by atoms with E-state index in [0.29, 0.717) is 25.0 Å². The largest absolute Gasteiger partial charge is 0.492 e. The molecule has 2 aliphatic rings. The fourth-order valence-corrected chi connectivity index (χ4v) is 5.10. The highest BCUT2D eigenvalue weighted by atomic mass is 16.5. The Morgan fingerprint density at radius 3 is 2.50 bits per heavy atom. The summed E-state index contributed by atoms with van der Waals surface area (Å²) in [6.45, 7) is 2.76. The van der Waals surface area contributed by atoms with Crippen LogP contribution in [0, 0.1) is 5.92 Å². The number of aromatic nitrogens is 4. The highest BCUT2D eigenvalue weighted by Crippen LogP contribution is 2.33. The quantitative estimate of drug-likeness (QED) is 0.583. The Morgan fingerprint density at radius 1 is 0.969 bits per heavy atom. The highest BCUT2D eigenvalue weighted by molar-refractivity contribution is 5.79. The average molecular weight is 434 g/mol. The first-order chi connectivity index (χ1) is 15.8. The van der Waals surface area contributed by atoms with E-state index >= 15 is 0 Å². The second-order valence-corrected chi connectivity index (χ2v) is 8.93. The normalized spacial score (nSPS) is 18.2. The lowest BCUT2D eigenvalue weighted by molar-refractivity contribution is -0.137. The van der Waals surface area contributed by atoms with Gasteiger partial charge in [0.25, 0.3) is 0 Å². The molecule has 1 aliphatic carbocycles. The zero-order chi connectivity index (χ0) is 21.8. The number of benzene rings is 1. The number of likely N-dealkylation sites (tertiary alicyclic amines) is 1. The van der Waals surface area contributed by atoms with Crippen molar-refractivity contribution in [2.75, 3.05) is 19.7 Å². The van der Waals surface area contributed by atoms with E-state index in [4.69, 9.17) is 9.84 Å². The van der Waals surface area contributed by atoms with Gasteiger partial charge in [0.15, 0.2) is 5.65 Å². The van der Waals surface area contributed by atoms with Crippen LogP contribution in [-0.2, 0) is 11.3 Å². The SMILES string of the molecule is O=C(C1CCCCC1)N1CCC(c2nn(CCOc3ccccc3)c3nccnc23)CC1. The van der Waals surface area contributed by atoms with Gasteiger partial charge in [-0.05, 0) is 37.8 Å². The summed E-state index contributed by atoms with van der Waals surface area (Å²) in [6.07, 6.45) is 11.1. The van der Waals surface area contributed by atoms with Crippen molar-refractivity contribution in [1.29, 1.82) is 0 Å². The molecule has 2 aromatic heterocycles. The molecule has 0 radical (unpaired) electrons. The van der Waals surface area contributed by atoms with Crippen molar-refractivity contribution in [2.24, 2.45) is 5.92 Å². The van der Waals surface area contributed by atoms with Crippen molar-refractivity contribution in [2.45, 2.75) is 57.4 Å². The fraction of sp³-hybridized carbons (Fsp3) is 0.520. The predicted molar refractivity (Wildman–Crippen MR) is 122 cm³/mol. The maximum absolute atomic E-state index is 12.9. The van der Waals surface area contributed by atoms with Crippen molar-refractivity contribution in [3.8, 4) is 5.75 Å². The van der Waals surface area contributed by atoms with Gasteiger partial charge in [-0.2, -0.15) is 5.10 Å². The van der Waals surface area contributed by atoms with Crippen LogP contribution in [0.3, 0.4) is 0 Å². The summed E-state index contributed by atoms with van der Waals surface area (Å²) < 4.78 is 7.78. The van der Waals surface area contributed by atoms with E-state index in [-0.39, 0.29) is 5.92 Å². The summed E-state index contributed by atoms with van der Waals surface area (Å²) >= 11 is 0. The van der Waals surface area contributed by atoms with Crippen molar-refractivity contribution in [3.63, 3.8) is 0 Å². The van der Waals surface area contributed by atoms with Gasteiger partial charge in [0.2, 0.25) is 5.91 Å². The van der Waals surface area contributed by atoms with Crippen LogP contribution in [0.2, 0.25) is 0 Å². The van der Waals surface area contributed by atoms with Crippen LogP contribution in [0.25, 0.3) is 11.2 Å². The number of nitrogens with zero attached hydrogens (tertiary/aromatic N) is 5. The van der Waals surface area contributed by atoms with E-state index in [1.165, 1.54) is 19.3 Å². The maximum Gasteiger partial charge on any atom is 0.225 e. The number of carbonyl (C=O) groups is 1. The number of rotatable bonds is 6. The minimum absolute atomic E-state index is 0.246. The molecule has 1 saturated carbocycles. The first-order valence-electron chi connectivity index (χ1n) is 11.9. The Bertz CT molecular complexity index is 1040. The second kappa shape index (κ2) is 9.67. The summed E-state index contributed by atoms with van der Waals surface area (Å²) in [5, 5.41) is 4.91. The van der Waals surface area contributed by atoms with E-state index in [1.807, 2.05) is 35.0 Å². The van der Waals surface area contributed by atoms with Crippen LogP contribution in [0.1, 0.15) is 56.6 Å². The molecule has 2 fully saturated rings. The molecule has 1 amide bonds. The lowest BCUT2D eigenvalue weighted by Crippen LogP contribution is -2.42. The molecule has 0 atom stereocenters. The molecule has 0 unspecified atom stereocenters. The van der Waals surface area contributed by atoms with E-state index in [2.05, 4.69) is 14.9 Å². The zero-order valence-electron chi connectivity index (χ0n) is 18.5. The third-order valence-corrected chi connectivity index (χ3v) is 6.86. The van der Waals surface area contributed by atoms with Crippen molar-refractivity contribution >= 4 is 17.1 Å². The van der Waals surface area contributed by atoms with Gasteiger partial charge < -0.3 is 9.64 Å². The van der Waals surface area contributed by atoms with Crippen molar-refractivity contribution in [1.82, 2.24) is 24.6 Å². The van der Waals surface area contributed by atoms with Crippen LogP contribution < -0.4 is 4.74 Å². The highest BCUT2D eigenvalue weighted by Gasteiger charge is 2.31. The van der Waals surface area contributed by atoms with Gasteiger partial charge in [-0.15, -0.1) is 0 Å². The molecule has 3 heterocycles. The number of hydrogen-bond donors (Lipinski definition) is 0. The lowest BCUT2D eigenvalue weighted by atomic mass is 9.86. The minimum Gasteiger partial charge on any atom is -0.492 e. The van der Waals surface area contributed by atoms with Crippen LogP contribution in [0.5, 0.6) is 5.75 Å². The zero-order valence-corrected chi connectivity index (χ0v) is 18.5. The average Bonchev–Trinajstić information content (AvgIpc) is 3.24. The summed E-state index contributed by atoms with van der Waals surface area (Å²) in [5.41, 5.74) is 2.70. The number of hydrogen-bond acceptors (Lipinski definition) is 5. The van der Waals surface area contributed by atoms with E-state index < -0.39 is 0 Å². The predicted octanol–water partition coefficient (Wildman–Crippen LogP) is 4.19. The molecular formula is C25H31N5O2. The molecule has 7 nitrogen and oxygen atoms in total. The lowest BCUT2D eigenvalue weighted by Gasteiger charge is -2.34. The summed E-state index contributed by atoms with van der Waals surface area (Å²) in [5.74, 6) is 1.78. The molecule has 168 valence electrons. The molecule has 0 N–H and O–H groups in total. The Labute approximate surface area is 188 Å². The van der Waals surface area contributed by atoms with Gasteiger partial charge in [-0.1, -0.05) is 37.5 Å². The van der Waals surface area contributed by atoms with Crippen LogP contribution >= 0.6 is 0 Å². The van der Waals surface area contributed by atoms with E-state index in [0.717, 1.165) is 61.4 Å². The molecule has 3 aromatic rings. The maximum atomic E-state index is 12.9. The van der Waals surface area contributed by atoms with Crippen LogP contribution in [-0.4, -0.2) is 50.3 Å². The molecule has 1 aromatic carbocycles. The minimum atomic E-state index is 0.246. The number of carbonyl (C=O) groups excluding carboxylic acids is 1. The molecule has 32 heavy (non-hydrogen) atoms. The smallest absolute Gasteiger partial charge is 0.225 e. The van der Waals surface area contributed by atoms with Crippen molar-refractivity contribution in [3.05, 3.63) is 48.4 Å². The van der Waals surface area contributed by atoms with Gasteiger partial charge in [0.05, 0.1) is 12.2 Å². The standard InChI is InChI=1S/C25H31N5O2/c31-25(20-7-3-1-4-8-20)29-15-11-19(12-16-29)22-23-24(27-14-13-26-23)30(28-22)17-18-32-21-9-5-2-6-10-21/h2,5-6,9-10,13-14,19-20H,1,3-4,7-8,11-12,15-18H2. The number of ether oxygens (including phenoxy) is 1. The topological polar surface area (TPSA) is 73.1 Å². The number of fused-ring (bicyclic) bond motifs is 1. The van der Waals surface area contributed by atoms with Gasteiger partial charge in [0.1, 0.15) is 17.9 Å². The number of amides is 1. The van der Waals surface area contributed by atoms with Gasteiger partial charge in [-0.3, -0.25) is 4.79 Å². The van der Waals surface area contributed by atoms with Crippen molar-refractivity contribution < 1.29 is 9.53 Å². The molecule has 5 rings (SSSR count). The number of piperidine rings is 1. The Kier molecular flexibility index (Phi) is 6.32. The van der Waals surface area contributed by atoms with Gasteiger partial charge >= 0.3 is 0 Å². The second-order valence-electron chi connectivity index (χ2n) is 8.93. The molecule has 0 spiro atoms. The fourth-order valence-electron chi connectivity index (χ4n) is 5.10. The van der Waals surface area contributed by atoms with Gasteiger partial charge in [-0.25, -0.2) is 14.6 Å². The molecular weight excluding hydrogens is 402 g/mol. The summed E-state index contributed by atoms with van der Waals surface area (Å²) in [4.78, 5) is 24.2. The third kappa shape index (κ3) is 4.47. The molecule has 7 heteroatoms. The third-order valence-electron chi connectivity index (χ3n) is 6.86. The Balaban J connectivity index is 1.25. The van der Waals surface area contributed by atoms with Gasteiger partial charge in [0, 0.05) is 37.3 Å². The van der Waals surface area contributed by atoms with E-state index in [1.54, 1.807) is 12.4 Å². The first-order valence-corrected chi connectivity index (χ1v) is 11.9. The Hall–Kier alpha value is -2.96. The molecule has 0 bridgehead atoms. The summed E-state index contributed by atoms with van der Waals surface area (Å²) in [6, 6.07) is 9.81. The van der Waals surface area contributed by atoms with Crippen LogP contribution in [0.4, 0.5) is 0 Å². The first kappa shape index (κ1) is 20.9. The number of para-hydroxylation sites is 1. The summed E-state index contributed by atoms with van der Waals surface area (Å²) in [7, 11) is 0. The van der Waals surface area contributed by atoms with E-state index in [9.17, 15) is 4.79 Å². The monoisotopic (exact) mass is 433 g/mol.